The average Bonchev–Trinajstić information content (AvgIpc) is 2.54. The molecule has 0 saturated carbocycles. The molecule has 7 heteroatoms. The van der Waals surface area contributed by atoms with Crippen LogP contribution in [0.5, 0.6) is 11.8 Å². The van der Waals surface area contributed by atoms with Gasteiger partial charge in [-0.05, 0) is 12.5 Å². The summed E-state index contributed by atoms with van der Waals surface area (Å²) in [6, 6.07) is 5.09. The van der Waals surface area contributed by atoms with Crippen molar-refractivity contribution >= 4 is 5.91 Å². The number of ether oxygens (including phenoxy) is 2. The van der Waals surface area contributed by atoms with E-state index in [2.05, 4.69) is 20.3 Å². The summed E-state index contributed by atoms with van der Waals surface area (Å²) in [7, 11) is 1.48. The van der Waals surface area contributed by atoms with Crippen LogP contribution in [-0.2, 0) is 6.54 Å². The van der Waals surface area contributed by atoms with E-state index < -0.39 is 0 Å². The minimum absolute atomic E-state index is 0.251. The van der Waals surface area contributed by atoms with Crippen LogP contribution >= 0.6 is 0 Å². The largest absolute Gasteiger partial charge is 0.481 e. The van der Waals surface area contributed by atoms with Crippen LogP contribution < -0.4 is 14.8 Å². The fraction of sp³-hybridized carbons (Fsp3) is 0.286. The topological polar surface area (TPSA) is 86.2 Å². The SMILES string of the molecule is CCOc1ccc(CNC(=O)c2cc(OC)ncn2)cn1. The van der Waals surface area contributed by atoms with Gasteiger partial charge in [0.2, 0.25) is 11.8 Å². The van der Waals surface area contributed by atoms with E-state index in [1.807, 2.05) is 13.0 Å². The molecule has 0 bridgehead atoms. The summed E-state index contributed by atoms with van der Waals surface area (Å²) >= 11 is 0. The first-order valence-electron chi connectivity index (χ1n) is 6.45. The summed E-state index contributed by atoms with van der Waals surface area (Å²) in [4.78, 5) is 23.8. The molecule has 0 saturated heterocycles. The Bertz CT molecular complexity index is 601. The summed E-state index contributed by atoms with van der Waals surface area (Å²) in [6.45, 7) is 2.81. The smallest absolute Gasteiger partial charge is 0.270 e. The fourth-order valence-corrected chi connectivity index (χ4v) is 1.60. The number of carbonyl (C=O) groups excluding carboxylic acids is 1. The van der Waals surface area contributed by atoms with Gasteiger partial charge in [-0.25, -0.2) is 15.0 Å². The maximum absolute atomic E-state index is 12.0. The predicted octanol–water partition coefficient (Wildman–Crippen LogP) is 1.21. The zero-order valence-electron chi connectivity index (χ0n) is 11.9. The summed E-state index contributed by atoms with van der Waals surface area (Å²) < 4.78 is 10.2. The monoisotopic (exact) mass is 288 g/mol. The Morgan fingerprint density at radius 3 is 2.76 bits per heavy atom. The third-order valence-corrected chi connectivity index (χ3v) is 2.63. The molecule has 1 N–H and O–H groups in total. The third kappa shape index (κ3) is 4.13. The first-order valence-corrected chi connectivity index (χ1v) is 6.45. The van der Waals surface area contributed by atoms with E-state index in [1.165, 1.54) is 19.5 Å². The Kier molecular flexibility index (Phi) is 5.03. The van der Waals surface area contributed by atoms with Gasteiger partial charge < -0.3 is 14.8 Å². The molecule has 7 nitrogen and oxygen atoms in total. The highest BCUT2D eigenvalue weighted by molar-refractivity contribution is 5.92. The number of rotatable bonds is 6. The van der Waals surface area contributed by atoms with E-state index in [9.17, 15) is 4.79 Å². The number of pyridine rings is 1. The Hall–Kier alpha value is -2.70. The zero-order chi connectivity index (χ0) is 15.1. The molecular weight excluding hydrogens is 272 g/mol. The molecule has 0 atom stereocenters. The Labute approximate surface area is 122 Å². The van der Waals surface area contributed by atoms with Crippen LogP contribution in [0.4, 0.5) is 0 Å². The number of nitrogens with one attached hydrogen (secondary N) is 1. The maximum Gasteiger partial charge on any atom is 0.270 e. The lowest BCUT2D eigenvalue weighted by atomic mass is 10.2. The van der Waals surface area contributed by atoms with Crippen LogP contribution in [0.15, 0.2) is 30.7 Å². The van der Waals surface area contributed by atoms with Gasteiger partial charge in [-0.1, -0.05) is 6.07 Å². The highest BCUT2D eigenvalue weighted by Crippen LogP contribution is 2.08. The lowest BCUT2D eigenvalue weighted by molar-refractivity contribution is 0.0945. The number of nitrogens with zero attached hydrogens (tertiary/aromatic N) is 3. The van der Waals surface area contributed by atoms with Crippen LogP contribution in [-0.4, -0.2) is 34.6 Å². The van der Waals surface area contributed by atoms with Gasteiger partial charge >= 0.3 is 0 Å². The van der Waals surface area contributed by atoms with E-state index in [0.29, 0.717) is 24.9 Å². The number of hydrogen-bond donors (Lipinski definition) is 1. The number of aromatic nitrogens is 3. The minimum atomic E-state index is -0.301. The van der Waals surface area contributed by atoms with Crippen LogP contribution in [0.3, 0.4) is 0 Å². The Morgan fingerprint density at radius 2 is 2.10 bits per heavy atom. The van der Waals surface area contributed by atoms with E-state index in [1.54, 1.807) is 12.3 Å². The van der Waals surface area contributed by atoms with Crippen LogP contribution in [0.2, 0.25) is 0 Å². The molecule has 0 aliphatic heterocycles. The van der Waals surface area contributed by atoms with Gasteiger partial charge in [-0.15, -0.1) is 0 Å². The van der Waals surface area contributed by atoms with Gasteiger partial charge in [0.25, 0.3) is 5.91 Å². The molecule has 0 spiro atoms. The molecule has 1 amide bonds. The molecule has 0 aliphatic rings. The lowest BCUT2D eigenvalue weighted by Gasteiger charge is -2.06. The molecule has 0 unspecified atom stereocenters. The molecule has 2 heterocycles. The fourth-order valence-electron chi connectivity index (χ4n) is 1.60. The first kappa shape index (κ1) is 14.7. The third-order valence-electron chi connectivity index (χ3n) is 2.63. The van der Waals surface area contributed by atoms with Gasteiger partial charge in [0.1, 0.15) is 12.0 Å². The van der Waals surface area contributed by atoms with E-state index in [-0.39, 0.29) is 11.6 Å². The molecule has 21 heavy (non-hydrogen) atoms. The second kappa shape index (κ2) is 7.18. The van der Waals surface area contributed by atoms with Crippen molar-refractivity contribution in [1.29, 1.82) is 0 Å². The van der Waals surface area contributed by atoms with Crippen LogP contribution in [0.1, 0.15) is 23.0 Å². The highest BCUT2D eigenvalue weighted by Gasteiger charge is 2.08. The molecule has 2 rings (SSSR count). The van der Waals surface area contributed by atoms with Gasteiger partial charge in [-0.3, -0.25) is 4.79 Å². The van der Waals surface area contributed by atoms with Crippen molar-refractivity contribution in [3.8, 4) is 11.8 Å². The normalized spacial score (nSPS) is 10.0. The van der Waals surface area contributed by atoms with Crippen molar-refractivity contribution in [1.82, 2.24) is 20.3 Å². The van der Waals surface area contributed by atoms with Crippen molar-refractivity contribution in [2.75, 3.05) is 13.7 Å². The van der Waals surface area contributed by atoms with E-state index in [0.717, 1.165) is 5.56 Å². The molecule has 0 aliphatic carbocycles. The molecule has 0 radical (unpaired) electrons. The van der Waals surface area contributed by atoms with Gasteiger partial charge in [0, 0.05) is 24.9 Å². The maximum atomic E-state index is 12.0. The molecule has 110 valence electrons. The lowest BCUT2D eigenvalue weighted by Crippen LogP contribution is -2.24. The summed E-state index contributed by atoms with van der Waals surface area (Å²) in [5.41, 5.74) is 1.12. The minimum Gasteiger partial charge on any atom is -0.481 e. The quantitative estimate of drug-likeness (QED) is 0.859. The molecular formula is C14H16N4O3. The molecule has 0 aromatic carbocycles. The number of methoxy groups -OCH3 is 1. The zero-order valence-corrected chi connectivity index (χ0v) is 11.9. The highest BCUT2D eigenvalue weighted by atomic mass is 16.5. The van der Waals surface area contributed by atoms with Crippen molar-refractivity contribution < 1.29 is 14.3 Å². The van der Waals surface area contributed by atoms with Crippen LogP contribution in [0, 0.1) is 0 Å². The standard InChI is InChI=1S/C14H16N4O3/c1-3-21-12-5-4-10(7-15-12)8-16-14(19)11-6-13(20-2)18-9-17-11/h4-7,9H,3,8H2,1-2H3,(H,16,19). The van der Waals surface area contributed by atoms with Crippen molar-refractivity contribution in [2.45, 2.75) is 13.5 Å². The van der Waals surface area contributed by atoms with Crippen molar-refractivity contribution in [3.05, 3.63) is 42.0 Å². The van der Waals surface area contributed by atoms with Gasteiger partial charge in [0.15, 0.2) is 0 Å². The number of carbonyl (C=O) groups is 1. The molecule has 2 aromatic rings. The first-order chi connectivity index (χ1) is 10.2. The Morgan fingerprint density at radius 1 is 1.24 bits per heavy atom. The van der Waals surface area contributed by atoms with E-state index in [4.69, 9.17) is 9.47 Å². The second-order valence-electron chi connectivity index (χ2n) is 4.07. The number of hydrogen-bond acceptors (Lipinski definition) is 6. The van der Waals surface area contributed by atoms with Gasteiger partial charge in [-0.2, -0.15) is 0 Å². The summed E-state index contributed by atoms with van der Waals surface area (Å²) in [5.74, 6) is 0.607. The van der Waals surface area contributed by atoms with Crippen molar-refractivity contribution in [2.24, 2.45) is 0 Å². The average molecular weight is 288 g/mol. The summed E-state index contributed by atoms with van der Waals surface area (Å²) in [5, 5.41) is 2.75. The molecule has 0 fully saturated rings. The van der Waals surface area contributed by atoms with Crippen molar-refractivity contribution in [3.63, 3.8) is 0 Å². The summed E-state index contributed by atoms with van der Waals surface area (Å²) in [6.07, 6.45) is 2.94. The second-order valence-corrected chi connectivity index (χ2v) is 4.07. The predicted molar refractivity (Wildman–Crippen MR) is 75.2 cm³/mol. The van der Waals surface area contributed by atoms with Crippen LogP contribution in [0.25, 0.3) is 0 Å². The number of amides is 1. The van der Waals surface area contributed by atoms with Gasteiger partial charge in [0.05, 0.1) is 13.7 Å². The van der Waals surface area contributed by atoms with E-state index >= 15 is 0 Å². The Balaban J connectivity index is 1.93. The molecule has 2 aromatic heterocycles.